The number of esters is 4. The first-order valence-electron chi connectivity index (χ1n) is 24.7. The zero-order valence-electron chi connectivity index (χ0n) is 40.0. The van der Waals surface area contributed by atoms with Gasteiger partial charge in [-0.05, 0) is 83.3 Å². The van der Waals surface area contributed by atoms with Gasteiger partial charge >= 0.3 is 23.9 Å². The van der Waals surface area contributed by atoms with E-state index < -0.39 is 5.41 Å². The lowest BCUT2D eigenvalue weighted by Crippen LogP contribution is -2.44. The molecule has 0 aromatic rings. The van der Waals surface area contributed by atoms with Crippen molar-refractivity contribution in [2.45, 2.75) is 228 Å². The van der Waals surface area contributed by atoms with Crippen molar-refractivity contribution in [3.8, 4) is 0 Å². The maximum absolute atomic E-state index is 13.6. The molecule has 59 heavy (non-hydrogen) atoms. The number of nitrogens with zero attached hydrogens (tertiary/aromatic N) is 1. The van der Waals surface area contributed by atoms with Gasteiger partial charge in [0, 0.05) is 25.7 Å². The van der Waals surface area contributed by atoms with E-state index in [1.807, 2.05) is 19.0 Å². The number of hydrogen-bond donors (Lipinski definition) is 0. The normalized spacial score (nSPS) is 11.9. The summed E-state index contributed by atoms with van der Waals surface area (Å²) in [4.78, 5) is 56.0. The molecule has 0 rings (SSSR count). The summed E-state index contributed by atoms with van der Waals surface area (Å²) < 4.78 is 24.1. The Morgan fingerprint density at radius 3 is 0.881 bits per heavy atom. The first kappa shape index (κ1) is 56.8. The molecule has 0 aliphatic heterocycles. The standard InChI is InChI=1S/C50H95NO8/c1-9-15-21-28-43(29-22-16-10-2)36-47(53)57-40-50(39-56-46(52)34-27-35-51(7)8,41-58-48(54)37-44(30-23-17-11-3)31-24-18-12-4)42-59-49(55)38-45(32-25-19-13-5)33-26-20-14-6/h43-45H,9-42H2,1-8H3. The maximum atomic E-state index is 13.6. The molecule has 0 amide bonds. The smallest absolute Gasteiger partial charge is 0.306 e. The zero-order valence-corrected chi connectivity index (χ0v) is 40.0. The van der Waals surface area contributed by atoms with E-state index >= 15 is 0 Å². The molecule has 0 spiro atoms. The van der Waals surface area contributed by atoms with Gasteiger partial charge in [0.2, 0.25) is 0 Å². The molecule has 0 N–H and O–H groups in total. The minimum absolute atomic E-state index is 0.180. The minimum atomic E-state index is -1.24. The fourth-order valence-corrected chi connectivity index (χ4v) is 7.82. The second kappa shape index (κ2) is 38.7. The highest BCUT2D eigenvalue weighted by molar-refractivity contribution is 5.71. The SMILES string of the molecule is CCCCCC(CCCCC)CC(=O)OCC(COC(=O)CCCN(C)C)(COC(=O)CC(CCCCC)CCCCC)COC(=O)CC(CCCCC)CCCCC. The summed E-state index contributed by atoms with van der Waals surface area (Å²) in [6.45, 7) is 13.1. The zero-order chi connectivity index (χ0) is 44.0. The molecular formula is C50H95NO8. The van der Waals surface area contributed by atoms with Crippen molar-refractivity contribution in [2.24, 2.45) is 23.2 Å². The predicted octanol–water partition coefficient (Wildman–Crippen LogP) is 13.0. The number of hydrogen-bond acceptors (Lipinski definition) is 9. The van der Waals surface area contributed by atoms with E-state index in [0.29, 0.717) is 25.7 Å². The van der Waals surface area contributed by atoms with E-state index in [-0.39, 0.29) is 74.5 Å². The van der Waals surface area contributed by atoms with E-state index in [1.165, 1.54) is 0 Å². The van der Waals surface area contributed by atoms with E-state index in [9.17, 15) is 19.2 Å². The highest BCUT2D eigenvalue weighted by Crippen LogP contribution is 2.28. The summed E-state index contributed by atoms with van der Waals surface area (Å²) in [7, 11) is 3.92. The number of carbonyl (C=O) groups excluding carboxylic acids is 4. The Hall–Kier alpha value is -2.16. The van der Waals surface area contributed by atoms with Crippen LogP contribution in [0.15, 0.2) is 0 Å². The van der Waals surface area contributed by atoms with Gasteiger partial charge in [-0.15, -0.1) is 0 Å². The van der Waals surface area contributed by atoms with Crippen LogP contribution in [0.4, 0.5) is 0 Å². The predicted molar refractivity (Wildman–Crippen MR) is 243 cm³/mol. The summed E-state index contributed by atoms with van der Waals surface area (Å²) in [5, 5.41) is 0. The Balaban J connectivity index is 6.44. The highest BCUT2D eigenvalue weighted by atomic mass is 16.6. The third-order valence-electron chi connectivity index (χ3n) is 11.8. The maximum Gasteiger partial charge on any atom is 0.306 e. The molecule has 0 heterocycles. The van der Waals surface area contributed by atoms with E-state index in [1.54, 1.807) is 0 Å². The Bertz CT molecular complexity index is 900. The molecule has 0 fully saturated rings. The van der Waals surface area contributed by atoms with Crippen LogP contribution in [-0.2, 0) is 38.1 Å². The van der Waals surface area contributed by atoms with Gasteiger partial charge < -0.3 is 23.8 Å². The quantitative estimate of drug-likeness (QED) is 0.0337. The lowest BCUT2D eigenvalue weighted by Gasteiger charge is -2.32. The van der Waals surface area contributed by atoms with Gasteiger partial charge in [0.05, 0.1) is 0 Å². The van der Waals surface area contributed by atoms with Crippen molar-refractivity contribution in [3.05, 3.63) is 0 Å². The first-order valence-corrected chi connectivity index (χ1v) is 24.7. The lowest BCUT2D eigenvalue weighted by molar-refractivity contribution is -0.171. The second-order valence-corrected chi connectivity index (χ2v) is 18.2. The van der Waals surface area contributed by atoms with Crippen LogP contribution in [-0.4, -0.2) is 75.8 Å². The van der Waals surface area contributed by atoms with Crippen molar-refractivity contribution >= 4 is 23.9 Å². The van der Waals surface area contributed by atoms with Crippen molar-refractivity contribution in [1.29, 1.82) is 0 Å². The first-order chi connectivity index (χ1) is 28.5. The van der Waals surface area contributed by atoms with Crippen LogP contribution in [0.2, 0.25) is 0 Å². The van der Waals surface area contributed by atoms with Gasteiger partial charge in [-0.2, -0.15) is 0 Å². The van der Waals surface area contributed by atoms with Gasteiger partial charge in [-0.25, -0.2) is 0 Å². The molecule has 348 valence electrons. The van der Waals surface area contributed by atoms with Gasteiger partial charge in [-0.3, -0.25) is 19.2 Å². The van der Waals surface area contributed by atoms with Crippen molar-refractivity contribution < 1.29 is 38.1 Å². The topological polar surface area (TPSA) is 108 Å². The third-order valence-corrected chi connectivity index (χ3v) is 11.8. The Kier molecular flexibility index (Phi) is 37.3. The molecule has 0 saturated carbocycles. The number of ether oxygens (including phenoxy) is 4. The molecule has 0 aliphatic rings. The van der Waals surface area contributed by atoms with Gasteiger partial charge in [-0.1, -0.05) is 157 Å². The molecule has 0 bridgehead atoms. The Labute approximate surface area is 363 Å². The largest absolute Gasteiger partial charge is 0.465 e. The van der Waals surface area contributed by atoms with Crippen LogP contribution < -0.4 is 0 Å². The molecule has 0 aromatic heterocycles. The summed E-state index contributed by atoms with van der Waals surface area (Å²) >= 11 is 0. The summed E-state index contributed by atoms with van der Waals surface area (Å²) in [6, 6.07) is 0. The molecule has 0 aliphatic carbocycles. The molecular weight excluding hydrogens is 743 g/mol. The molecule has 9 heteroatoms. The van der Waals surface area contributed by atoms with Gasteiger partial charge in [0.1, 0.15) is 31.8 Å². The molecule has 0 saturated heterocycles. The van der Waals surface area contributed by atoms with Crippen molar-refractivity contribution in [1.82, 2.24) is 4.90 Å². The highest BCUT2D eigenvalue weighted by Gasteiger charge is 2.38. The lowest BCUT2D eigenvalue weighted by atomic mass is 9.90. The minimum Gasteiger partial charge on any atom is -0.465 e. The van der Waals surface area contributed by atoms with Crippen LogP contribution >= 0.6 is 0 Å². The van der Waals surface area contributed by atoms with Gasteiger partial charge in [0.15, 0.2) is 0 Å². The summed E-state index contributed by atoms with van der Waals surface area (Å²) in [5.74, 6) is -0.644. The van der Waals surface area contributed by atoms with Crippen LogP contribution in [0, 0.1) is 23.2 Å². The second-order valence-electron chi connectivity index (χ2n) is 18.2. The van der Waals surface area contributed by atoms with Crippen molar-refractivity contribution in [3.63, 3.8) is 0 Å². The summed E-state index contributed by atoms with van der Waals surface area (Å²) in [5.41, 5.74) is -1.24. The molecule has 0 atom stereocenters. The van der Waals surface area contributed by atoms with Crippen molar-refractivity contribution in [2.75, 3.05) is 47.1 Å². The monoisotopic (exact) mass is 838 g/mol. The average molecular weight is 838 g/mol. The fraction of sp³-hybridized carbons (Fsp3) is 0.920. The Morgan fingerprint density at radius 1 is 0.390 bits per heavy atom. The van der Waals surface area contributed by atoms with Gasteiger partial charge in [0.25, 0.3) is 0 Å². The van der Waals surface area contributed by atoms with Crippen LogP contribution in [0.5, 0.6) is 0 Å². The molecule has 0 aromatic carbocycles. The van der Waals surface area contributed by atoms with Crippen LogP contribution in [0.1, 0.15) is 228 Å². The Morgan fingerprint density at radius 2 is 0.644 bits per heavy atom. The average Bonchev–Trinajstić information content (AvgIpc) is 3.20. The van der Waals surface area contributed by atoms with E-state index in [0.717, 1.165) is 161 Å². The van der Waals surface area contributed by atoms with Crippen LogP contribution in [0.25, 0.3) is 0 Å². The molecule has 9 nitrogen and oxygen atoms in total. The number of unbranched alkanes of at least 4 members (excludes halogenated alkanes) is 12. The van der Waals surface area contributed by atoms with E-state index in [4.69, 9.17) is 18.9 Å². The van der Waals surface area contributed by atoms with E-state index in [2.05, 4.69) is 41.5 Å². The number of carbonyl (C=O) groups is 4. The summed E-state index contributed by atoms with van der Waals surface area (Å²) in [6.07, 6.45) is 27.7. The van der Waals surface area contributed by atoms with Crippen LogP contribution in [0.3, 0.4) is 0 Å². The molecule has 0 unspecified atom stereocenters. The number of rotatable bonds is 42. The third kappa shape index (κ3) is 33.2. The molecule has 0 radical (unpaired) electrons. The fourth-order valence-electron chi connectivity index (χ4n) is 7.82.